The van der Waals surface area contributed by atoms with Crippen LogP contribution < -0.4 is 5.32 Å². The average Bonchev–Trinajstić information content (AvgIpc) is 3.45. The van der Waals surface area contributed by atoms with E-state index in [1.807, 2.05) is 43.3 Å². The first-order valence-corrected chi connectivity index (χ1v) is 12.7. The van der Waals surface area contributed by atoms with Crippen LogP contribution in [0.1, 0.15) is 35.6 Å². The molecule has 1 N–H and O–H groups in total. The van der Waals surface area contributed by atoms with Crippen LogP contribution in [-0.2, 0) is 9.59 Å². The molecule has 0 unspecified atom stereocenters. The second-order valence-corrected chi connectivity index (χ2v) is 10.2. The predicted octanol–water partition coefficient (Wildman–Crippen LogP) is 5.97. The highest BCUT2D eigenvalue weighted by Crippen LogP contribution is 2.39. The lowest BCUT2D eigenvalue weighted by Gasteiger charge is -2.23. The number of carbonyl (C=O) groups excluding carboxylic acids is 2. The van der Waals surface area contributed by atoms with E-state index in [9.17, 15) is 14.0 Å². The van der Waals surface area contributed by atoms with Crippen molar-refractivity contribution in [3.8, 4) is 0 Å². The number of anilines is 1. The van der Waals surface area contributed by atoms with Crippen molar-refractivity contribution in [1.82, 2.24) is 5.01 Å². The van der Waals surface area contributed by atoms with Crippen molar-refractivity contribution in [1.29, 1.82) is 0 Å². The molecule has 2 aliphatic heterocycles. The minimum atomic E-state index is -0.638. The molecule has 182 valence electrons. The number of thioether (sulfide) groups is 1. The number of hydrogen-bond acceptors (Lipinski definition) is 5. The zero-order valence-corrected chi connectivity index (χ0v) is 20.9. The highest BCUT2D eigenvalue weighted by atomic mass is 35.5. The van der Waals surface area contributed by atoms with Gasteiger partial charge < -0.3 is 5.32 Å². The Bertz CT molecular complexity index is 1360. The molecule has 0 spiro atoms. The van der Waals surface area contributed by atoms with Gasteiger partial charge in [0.05, 0.1) is 11.8 Å². The maximum atomic E-state index is 13.5. The SMILES string of the molecule is Cc1ccc(NC(=O)C[C@@H]2SC(N3N=C(c4ccc(F)cc4)C[C@@H]3c3ccc(Cl)cc3)=NC2=O)cc1. The minimum Gasteiger partial charge on any atom is -0.326 e. The van der Waals surface area contributed by atoms with Crippen LogP contribution in [0.4, 0.5) is 10.1 Å². The van der Waals surface area contributed by atoms with E-state index < -0.39 is 5.25 Å². The number of carbonyl (C=O) groups is 2. The fourth-order valence-corrected chi connectivity index (χ4v) is 5.26. The molecule has 2 atom stereocenters. The number of rotatable bonds is 5. The van der Waals surface area contributed by atoms with Crippen LogP contribution in [-0.4, -0.2) is 33.0 Å². The highest BCUT2D eigenvalue weighted by molar-refractivity contribution is 8.15. The summed E-state index contributed by atoms with van der Waals surface area (Å²) in [6.07, 6.45) is 0.540. The summed E-state index contributed by atoms with van der Waals surface area (Å²) in [5, 5.41) is 9.74. The van der Waals surface area contributed by atoms with Crippen LogP contribution in [0.2, 0.25) is 5.02 Å². The fraction of sp³-hybridized carbons (Fsp3) is 0.185. The largest absolute Gasteiger partial charge is 0.326 e. The molecule has 3 aromatic rings. The van der Waals surface area contributed by atoms with Crippen molar-refractivity contribution in [2.45, 2.75) is 31.1 Å². The lowest BCUT2D eigenvalue weighted by molar-refractivity contribution is -0.121. The zero-order chi connectivity index (χ0) is 25.2. The van der Waals surface area contributed by atoms with Crippen molar-refractivity contribution >= 4 is 51.7 Å². The van der Waals surface area contributed by atoms with Crippen LogP contribution in [0.25, 0.3) is 0 Å². The smallest absolute Gasteiger partial charge is 0.262 e. The molecule has 2 heterocycles. The van der Waals surface area contributed by atoms with E-state index in [2.05, 4.69) is 10.3 Å². The number of nitrogens with one attached hydrogen (secondary N) is 1. The molecule has 0 fully saturated rings. The molecular formula is C27H22ClFN4O2S. The molecule has 0 radical (unpaired) electrons. The lowest BCUT2D eigenvalue weighted by Crippen LogP contribution is -2.25. The number of hydrogen-bond donors (Lipinski definition) is 1. The van der Waals surface area contributed by atoms with E-state index in [0.717, 1.165) is 22.4 Å². The third kappa shape index (κ3) is 5.34. The summed E-state index contributed by atoms with van der Waals surface area (Å²) in [7, 11) is 0. The standard InChI is InChI=1S/C27H22ClFN4O2S/c1-16-2-12-21(13-3-16)30-25(34)15-24-26(35)31-27(36-24)33-23(18-4-8-19(28)9-5-18)14-22(32-33)17-6-10-20(29)11-7-17/h2-13,23-24H,14-15H2,1H3,(H,30,34)/t23-,24+/m1/s1. The van der Waals surface area contributed by atoms with Crippen molar-refractivity contribution in [2.24, 2.45) is 10.1 Å². The van der Waals surface area contributed by atoms with Crippen LogP contribution in [0.3, 0.4) is 0 Å². The Hall–Kier alpha value is -3.49. The first-order valence-electron chi connectivity index (χ1n) is 11.4. The van der Waals surface area contributed by atoms with Gasteiger partial charge in [0.25, 0.3) is 5.91 Å². The summed E-state index contributed by atoms with van der Waals surface area (Å²) in [6, 6.07) is 20.8. The van der Waals surface area contributed by atoms with Crippen molar-refractivity contribution < 1.29 is 14.0 Å². The molecule has 2 aliphatic rings. The average molecular weight is 521 g/mol. The van der Waals surface area contributed by atoms with E-state index in [1.165, 1.54) is 23.9 Å². The second kappa shape index (κ2) is 10.2. The molecule has 0 aliphatic carbocycles. The van der Waals surface area contributed by atoms with Gasteiger partial charge in [-0.15, -0.1) is 0 Å². The number of amidine groups is 1. The van der Waals surface area contributed by atoms with Crippen molar-refractivity contribution in [2.75, 3.05) is 5.32 Å². The number of nitrogens with zero attached hydrogens (tertiary/aromatic N) is 3. The molecule has 36 heavy (non-hydrogen) atoms. The molecule has 0 saturated carbocycles. The van der Waals surface area contributed by atoms with Crippen LogP contribution in [0, 0.1) is 12.7 Å². The van der Waals surface area contributed by atoms with E-state index in [0.29, 0.717) is 22.3 Å². The van der Waals surface area contributed by atoms with Gasteiger partial charge in [-0.25, -0.2) is 9.40 Å². The number of benzene rings is 3. The van der Waals surface area contributed by atoms with Crippen LogP contribution in [0.5, 0.6) is 0 Å². The first kappa shape index (κ1) is 24.2. The predicted molar refractivity (Wildman–Crippen MR) is 142 cm³/mol. The molecule has 6 nitrogen and oxygen atoms in total. The number of halogens is 2. The van der Waals surface area contributed by atoms with E-state index in [4.69, 9.17) is 16.7 Å². The maximum Gasteiger partial charge on any atom is 0.262 e. The first-order chi connectivity index (χ1) is 17.4. The summed E-state index contributed by atoms with van der Waals surface area (Å²) >= 11 is 7.32. The number of aliphatic imine (C=N–C) groups is 1. The molecule has 3 aromatic carbocycles. The van der Waals surface area contributed by atoms with E-state index in [1.54, 1.807) is 29.3 Å². The molecule has 0 saturated heterocycles. The third-order valence-corrected chi connectivity index (χ3v) is 7.37. The van der Waals surface area contributed by atoms with Crippen molar-refractivity contribution in [3.63, 3.8) is 0 Å². The Kier molecular flexibility index (Phi) is 6.89. The Morgan fingerprint density at radius 2 is 1.78 bits per heavy atom. The molecule has 5 rings (SSSR count). The molecular weight excluding hydrogens is 499 g/mol. The van der Waals surface area contributed by atoms with Gasteiger partial charge in [0, 0.05) is 23.6 Å². The second-order valence-electron chi connectivity index (χ2n) is 8.63. The maximum absolute atomic E-state index is 13.5. The number of aryl methyl sites for hydroxylation is 1. The zero-order valence-electron chi connectivity index (χ0n) is 19.3. The van der Waals surface area contributed by atoms with Crippen LogP contribution in [0.15, 0.2) is 82.9 Å². The normalized spacial score (nSPS) is 19.3. The third-order valence-electron chi connectivity index (χ3n) is 5.97. The molecule has 0 aromatic heterocycles. The van der Waals surface area contributed by atoms with Gasteiger partial charge >= 0.3 is 0 Å². The summed E-state index contributed by atoms with van der Waals surface area (Å²) < 4.78 is 13.5. The van der Waals surface area contributed by atoms with Gasteiger partial charge in [-0.05, 0) is 54.4 Å². The van der Waals surface area contributed by atoms with Gasteiger partial charge in [-0.1, -0.05) is 65.3 Å². The van der Waals surface area contributed by atoms with Gasteiger partial charge in [0.2, 0.25) is 5.91 Å². The summed E-state index contributed by atoms with van der Waals surface area (Å²) in [6.45, 7) is 1.97. The molecule has 2 amide bonds. The Labute approximate surface area is 217 Å². The van der Waals surface area contributed by atoms with Crippen molar-refractivity contribution in [3.05, 3.63) is 100 Å². The minimum absolute atomic E-state index is 0.00163. The van der Waals surface area contributed by atoms with Gasteiger partial charge in [0.15, 0.2) is 5.17 Å². The van der Waals surface area contributed by atoms with Crippen LogP contribution >= 0.6 is 23.4 Å². The monoisotopic (exact) mass is 520 g/mol. The topological polar surface area (TPSA) is 74.1 Å². The summed E-state index contributed by atoms with van der Waals surface area (Å²) in [5.41, 5.74) is 4.27. The Morgan fingerprint density at radius 3 is 2.47 bits per heavy atom. The van der Waals surface area contributed by atoms with Gasteiger partial charge in [-0.3, -0.25) is 9.59 Å². The lowest BCUT2D eigenvalue weighted by atomic mass is 9.99. The number of hydrazone groups is 1. The molecule has 0 bridgehead atoms. The highest BCUT2D eigenvalue weighted by Gasteiger charge is 2.39. The quantitative estimate of drug-likeness (QED) is 0.450. The number of amides is 2. The van der Waals surface area contributed by atoms with E-state index in [-0.39, 0.29) is 30.1 Å². The van der Waals surface area contributed by atoms with Gasteiger partial charge in [-0.2, -0.15) is 10.1 Å². The summed E-state index contributed by atoms with van der Waals surface area (Å²) in [5.74, 6) is -0.946. The fourth-order valence-electron chi connectivity index (χ4n) is 4.07. The molecule has 9 heteroatoms. The van der Waals surface area contributed by atoms with E-state index >= 15 is 0 Å². The van der Waals surface area contributed by atoms with Gasteiger partial charge in [0.1, 0.15) is 11.1 Å². The summed E-state index contributed by atoms with van der Waals surface area (Å²) in [4.78, 5) is 29.6. The Morgan fingerprint density at radius 1 is 1.08 bits per heavy atom. The Balaban J connectivity index is 1.35.